The first kappa shape index (κ1) is 15.6. The Bertz CT molecular complexity index is 78.0. The summed E-state index contributed by atoms with van der Waals surface area (Å²) in [5.74, 6) is 0. The Hall–Kier alpha value is 0.0969. The molecular formula is C9H25NO2Si. The Morgan fingerprint density at radius 1 is 1.08 bits per heavy atom. The number of nitrogens with two attached hydrogens (primary N) is 1. The quantitative estimate of drug-likeness (QED) is 0.674. The zero-order valence-corrected chi connectivity index (χ0v) is 10.7. The zero-order chi connectivity index (χ0) is 10.5. The van der Waals surface area contributed by atoms with Gasteiger partial charge in [-0.25, -0.2) is 0 Å². The Balaban J connectivity index is 0. The Morgan fingerprint density at radius 3 is 1.69 bits per heavy atom. The lowest BCUT2D eigenvalue weighted by molar-refractivity contribution is 0.277. The maximum Gasteiger partial charge on any atom is 0.320 e. The number of unbranched alkanes of at least 4 members (excludes halogenated alkanes) is 1. The van der Waals surface area contributed by atoms with Crippen LogP contribution >= 0.6 is 0 Å². The van der Waals surface area contributed by atoms with Crippen LogP contribution in [0.1, 0.15) is 33.1 Å². The maximum absolute atomic E-state index is 5.14. The highest BCUT2D eigenvalue weighted by atomic mass is 28.3. The predicted octanol–water partition coefficient (Wildman–Crippen LogP) is 1.65. The fourth-order valence-corrected chi connectivity index (χ4v) is 1.91. The lowest BCUT2D eigenvalue weighted by Gasteiger charge is -2.07. The summed E-state index contributed by atoms with van der Waals surface area (Å²) in [4.78, 5) is 0. The molecule has 13 heavy (non-hydrogen) atoms. The molecule has 0 aliphatic rings. The maximum atomic E-state index is 5.14. The Kier molecular flexibility index (Phi) is 17.5. The van der Waals surface area contributed by atoms with E-state index in [9.17, 15) is 0 Å². The smallest absolute Gasteiger partial charge is 0.320 e. The van der Waals surface area contributed by atoms with Crippen LogP contribution in [0.4, 0.5) is 0 Å². The van der Waals surface area contributed by atoms with Crippen LogP contribution in [-0.2, 0) is 8.85 Å². The summed E-state index contributed by atoms with van der Waals surface area (Å²) in [6.45, 7) is 5.11. The fraction of sp³-hybridized carbons (Fsp3) is 1.00. The van der Waals surface area contributed by atoms with Gasteiger partial charge in [0.2, 0.25) is 0 Å². The third-order valence-electron chi connectivity index (χ3n) is 1.61. The highest BCUT2D eigenvalue weighted by Crippen LogP contribution is 1.96. The molecule has 0 atom stereocenters. The minimum absolute atomic E-state index is 0.844. The number of hydrogen-bond donors (Lipinski definition) is 1. The molecule has 4 heteroatoms. The van der Waals surface area contributed by atoms with Crippen molar-refractivity contribution in [2.45, 2.75) is 39.2 Å². The number of hydrogen-bond acceptors (Lipinski definition) is 3. The van der Waals surface area contributed by atoms with Crippen molar-refractivity contribution < 1.29 is 8.85 Å². The van der Waals surface area contributed by atoms with Crippen LogP contribution in [0.2, 0.25) is 6.04 Å². The van der Waals surface area contributed by atoms with E-state index < -0.39 is 9.28 Å². The lowest BCUT2D eigenvalue weighted by Crippen LogP contribution is -2.17. The van der Waals surface area contributed by atoms with Crippen LogP contribution in [-0.4, -0.2) is 30.0 Å². The molecular weight excluding hydrogens is 182 g/mol. The number of rotatable bonds is 6. The van der Waals surface area contributed by atoms with E-state index in [1.54, 1.807) is 14.2 Å². The van der Waals surface area contributed by atoms with Crippen molar-refractivity contribution in [3.63, 3.8) is 0 Å². The summed E-state index contributed by atoms with van der Waals surface area (Å²) in [5, 5.41) is 0. The molecule has 2 N–H and O–H groups in total. The molecule has 0 bridgehead atoms. The standard InChI is InChI=1S/C5H14O2Si.C4H11N/c1-4-5-8(6-2)7-3;1-2-3-4-5/h8H,4-5H2,1-3H3;2-5H2,1H3. The molecule has 0 aromatic rings. The summed E-state index contributed by atoms with van der Waals surface area (Å²) in [6.07, 6.45) is 3.55. The van der Waals surface area contributed by atoms with Crippen LogP contribution in [0.3, 0.4) is 0 Å². The molecule has 0 saturated heterocycles. The van der Waals surface area contributed by atoms with Crippen LogP contribution < -0.4 is 5.73 Å². The van der Waals surface area contributed by atoms with Gasteiger partial charge in [-0.15, -0.1) is 0 Å². The van der Waals surface area contributed by atoms with Crippen molar-refractivity contribution in [1.29, 1.82) is 0 Å². The summed E-state index contributed by atoms with van der Waals surface area (Å²) >= 11 is 0. The van der Waals surface area contributed by atoms with Gasteiger partial charge in [-0.2, -0.15) is 0 Å². The van der Waals surface area contributed by atoms with E-state index in [4.69, 9.17) is 14.6 Å². The van der Waals surface area contributed by atoms with Crippen molar-refractivity contribution in [3.8, 4) is 0 Å². The first-order chi connectivity index (χ1) is 6.26. The van der Waals surface area contributed by atoms with Gasteiger partial charge in [0.25, 0.3) is 0 Å². The minimum Gasteiger partial charge on any atom is -0.400 e. The van der Waals surface area contributed by atoms with E-state index in [1.807, 2.05) is 0 Å². The molecule has 0 fully saturated rings. The van der Waals surface area contributed by atoms with E-state index in [0.29, 0.717) is 0 Å². The summed E-state index contributed by atoms with van der Waals surface area (Å²) in [5.41, 5.74) is 5.14. The van der Waals surface area contributed by atoms with Gasteiger partial charge in [0.1, 0.15) is 0 Å². The van der Waals surface area contributed by atoms with Crippen LogP contribution in [0.5, 0.6) is 0 Å². The average Bonchev–Trinajstić information content (AvgIpc) is 2.16. The van der Waals surface area contributed by atoms with Crippen molar-refractivity contribution in [1.82, 2.24) is 0 Å². The molecule has 0 aliphatic heterocycles. The highest BCUT2D eigenvalue weighted by Gasteiger charge is 2.05. The molecule has 0 aromatic carbocycles. The molecule has 0 unspecified atom stereocenters. The molecule has 0 aliphatic carbocycles. The SMILES string of the molecule is CCCCN.CCC[SiH](OC)OC. The molecule has 0 spiro atoms. The van der Waals surface area contributed by atoms with Gasteiger partial charge in [0, 0.05) is 14.2 Å². The molecule has 0 radical (unpaired) electrons. The molecule has 0 aromatic heterocycles. The van der Waals surface area contributed by atoms with Gasteiger partial charge in [0.05, 0.1) is 0 Å². The normalized spacial score (nSPS) is 9.69. The second kappa shape index (κ2) is 14.6. The minimum atomic E-state index is -1.19. The first-order valence-corrected chi connectivity index (χ1v) is 6.78. The highest BCUT2D eigenvalue weighted by molar-refractivity contribution is 6.44. The molecule has 82 valence electrons. The lowest BCUT2D eigenvalue weighted by atomic mass is 10.3. The van der Waals surface area contributed by atoms with Crippen molar-refractivity contribution in [2.24, 2.45) is 5.73 Å². The second-order valence-corrected chi connectivity index (χ2v) is 5.21. The van der Waals surface area contributed by atoms with Crippen molar-refractivity contribution in [2.75, 3.05) is 20.8 Å². The van der Waals surface area contributed by atoms with Gasteiger partial charge >= 0.3 is 9.28 Å². The average molecular weight is 207 g/mol. The largest absolute Gasteiger partial charge is 0.400 e. The zero-order valence-electron chi connectivity index (χ0n) is 9.51. The van der Waals surface area contributed by atoms with Gasteiger partial charge < -0.3 is 14.6 Å². The third-order valence-corrected chi connectivity index (χ3v) is 3.71. The Labute approximate surface area is 84.5 Å². The predicted molar refractivity (Wildman–Crippen MR) is 60.2 cm³/mol. The fourth-order valence-electron chi connectivity index (χ4n) is 0.772. The van der Waals surface area contributed by atoms with E-state index in [1.165, 1.54) is 19.3 Å². The molecule has 0 amide bonds. The van der Waals surface area contributed by atoms with Crippen LogP contribution in [0.15, 0.2) is 0 Å². The van der Waals surface area contributed by atoms with Crippen LogP contribution in [0.25, 0.3) is 0 Å². The van der Waals surface area contributed by atoms with E-state index >= 15 is 0 Å². The van der Waals surface area contributed by atoms with Gasteiger partial charge in [-0.1, -0.05) is 26.7 Å². The molecule has 0 saturated carbocycles. The van der Waals surface area contributed by atoms with Crippen LogP contribution in [0, 0.1) is 0 Å². The molecule has 3 nitrogen and oxygen atoms in total. The monoisotopic (exact) mass is 207 g/mol. The van der Waals surface area contributed by atoms with Crippen molar-refractivity contribution in [3.05, 3.63) is 0 Å². The molecule has 0 rings (SSSR count). The summed E-state index contributed by atoms with van der Waals surface area (Å²) in [6, 6.07) is 1.12. The Morgan fingerprint density at radius 2 is 1.62 bits per heavy atom. The first-order valence-electron chi connectivity index (χ1n) is 5.02. The van der Waals surface area contributed by atoms with Gasteiger partial charge in [-0.3, -0.25) is 0 Å². The molecule has 0 heterocycles. The topological polar surface area (TPSA) is 44.5 Å². The summed E-state index contributed by atoms with van der Waals surface area (Å²) < 4.78 is 10.1. The van der Waals surface area contributed by atoms with Gasteiger partial charge in [0.15, 0.2) is 0 Å². The second-order valence-electron chi connectivity index (χ2n) is 2.83. The van der Waals surface area contributed by atoms with E-state index in [0.717, 1.165) is 12.6 Å². The van der Waals surface area contributed by atoms with E-state index in [2.05, 4.69) is 13.8 Å². The van der Waals surface area contributed by atoms with E-state index in [-0.39, 0.29) is 0 Å². The third kappa shape index (κ3) is 14.9. The summed E-state index contributed by atoms with van der Waals surface area (Å²) in [7, 11) is 2.24. The van der Waals surface area contributed by atoms with Gasteiger partial charge in [-0.05, 0) is 19.0 Å². The van der Waals surface area contributed by atoms with Crippen molar-refractivity contribution >= 4 is 9.28 Å².